The van der Waals surface area contributed by atoms with E-state index >= 15 is 0 Å². The fourth-order valence-electron chi connectivity index (χ4n) is 2.13. The van der Waals surface area contributed by atoms with Crippen molar-refractivity contribution in [2.24, 2.45) is 0 Å². The van der Waals surface area contributed by atoms with Gasteiger partial charge in [0.25, 0.3) is 0 Å². The summed E-state index contributed by atoms with van der Waals surface area (Å²) in [6.45, 7) is 0. The van der Waals surface area contributed by atoms with Crippen molar-refractivity contribution in [1.82, 2.24) is 0 Å². The van der Waals surface area contributed by atoms with Crippen molar-refractivity contribution in [3.63, 3.8) is 0 Å². The third kappa shape index (κ3) is 4.64. The SMILES string of the molecule is COc1cc(/C=C/C(=O)Nc2ccc(F)cc2Cl)cc(OC)c1OC. The second-order valence-corrected chi connectivity index (χ2v) is 5.31. The zero-order valence-corrected chi connectivity index (χ0v) is 14.7. The number of hydrogen-bond acceptors (Lipinski definition) is 4. The minimum Gasteiger partial charge on any atom is -0.493 e. The Kier molecular flexibility index (Phi) is 6.25. The van der Waals surface area contributed by atoms with Crippen LogP contribution in [0, 0.1) is 5.82 Å². The molecule has 132 valence electrons. The van der Waals surface area contributed by atoms with Gasteiger partial charge in [-0.2, -0.15) is 0 Å². The van der Waals surface area contributed by atoms with Gasteiger partial charge in [-0.25, -0.2) is 4.39 Å². The highest BCUT2D eigenvalue weighted by atomic mass is 35.5. The normalized spacial score (nSPS) is 10.6. The van der Waals surface area contributed by atoms with Crippen LogP contribution in [-0.4, -0.2) is 27.2 Å². The number of rotatable bonds is 6. The monoisotopic (exact) mass is 365 g/mol. The summed E-state index contributed by atoms with van der Waals surface area (Å²) in [7, 11) is 4.53. The van der Waals surface area contributed by atoms with E-state index in [2.05, 4.69) is 5.32 Å². The summed E-state index contributed by atoms with van der Waals surface area (Å²) >= 11 is 5.88. The van der Waals surface area contributed by atoms with E-state index < -0.39 is 11.7 Å². The summed E-state index contributed by atoms with van der Waals surface area (Å²) in [5, 5.41) is 2.70. The minimum absolute atomic E-state index is 0.120. The lowest BCUT2D eigenvalue weighted by atomic mass is 10.1. The molecule has 5 nitrogen and oxygen atoms in total. The lowest BCUT2D eigenvalue weighted by molar-refractivity contribution is -0.111. The molecular formula is C18H17ClFNO4. The molecule has 2 aromatic rings. The molecule has 1 N–H and O–H groups in total. The van der Waals surface area contributed by atoms with Crippen LogP contribution in [0.3, 0.4) is 0 Å². The maximum atomic E-state index is 13.0. The first-order chi connectivity index (χ1) is 12.0. The Bertz CT molecular complexity index is 783. The Morgan fingerprint density at radius 2 is 1.72 bits per heavy atom. The topological polar surface area (TPSA) is 56.8 Å². The molecule has 25 heavy (non-hydrogen) atoms. The summed E-state index contributed by atoms with van der Waals surface area (Å²) in [5.41, 5.74) is 0.998. The van der Waals surface area contributed by atoms with Gasteiger partial charge in [-0.05, 0) is 42.0 Å². The van der Waals surface area contributed by atoms with Crippen molar-refractivity contribution >= 4 is 29.3 Å². The van der Waals surface area contributed by atoms with Gasteiger partial charge in [-0.3, -0.25) is 4.79 Å². The van der Waals surface area contributed by atoms with Crippen LogP contribution in [0.4, 0.5) is 10.1 Å². The van der Waals surface area contributed by atoms with Gasteiger partial charge < -0.3 is 19.5 Å². The molecule has 0 radical (unpaired) electrons. The molecule has 0 heterocycles. The van der Waals surface area contributed by atoms with Crippen LogP contribution in [0.2, 0.25) is 5.02 Å². The maximum Gasteiger partial charge on any atom is 0.248 e. The zero-order valence-electron chi connectivity index (χ0n) is 13.9. The Morgan fingerprint density at radius 3 is 2.24 bits per heavy atom. The minimum atomic E-state index is -0.476. The van der Waals surface area contributed by atoms with Crippen LogP contribution >= 0.6 is 11.6 Å². The number of nitrogens with one attached hydrogen (secondary N) is 1. The third-order valence-electron chi connectivity index (χ3n) is 3.30. The van der Waals surface area contributed by atoms with E-state index in [0.717, 1.165) is 6.07 Å². The Morgan fingerprint density at radius 1 is 1.08 bits per heavy atom. The number of anilines is 1. The van der Waals surface area contributed by atoms with Crippen LogP contribution in [0.5, 0.6) is 17.2 Å². The molecule has 2 rings (SSSR count). The summed E-state index contributed by atoms with van der Waals surface area (Å²) in [5.74, 6) is 0.523. The number of ether oxygens (including phenoxy) is 3. The molecule has 1 amide bonds. The predicted octanol–water partition coefficient (Wildman–Crippen LogP) is 4.16. The predicted molar refractivity (Wildman–Crippen MR) is 95.2 cm³/mol. The van der Waals surface area contributed by atoms with E-state index in [0.29, 0.717) is 28.5 Å². The van der Waals surface area contributed by atoms with Crippen molar-refractivity contribution < 1.29 is 23.4 Å². The van der Waals surface area contributed by atoms with E-state index in [1.807, 2.05) is 0 Å². The second-order valence-electron chi connectivity index (χ2n) is 4.91. The fraction of sp³-hybridized carbons (Fsp3) is 0.167. The van der Waals surface area contributed by atoms with Gasteiger partial charge in [-0.15, -0.1) is 0 Å². The van der Waals surface area contributed by atoms with Crippen molar-refractivity contribution in [1.29, 1.82) is 0 Å². The number of methoxy groups -OCH3 is 3. The van der Waals surface area contributed by atoms with E-state index in [1.165, 1.54) is 39.5 Å². The average Bonchev–Trinajstić information content (AvgIpc) is 2.61. The summed E-state index contributed by atoms with van der Waals surface area (Å²) in [6.07, 6.45) is 2.90. The molecule has 0 saturated heterocycles. The van der Waals surface area contributed by atoms with E-state index in [-0.39, 0.29) is 5.02 Å². The van der Waals surface area contributed by atoms with Crippen LogP contribution in [0.1, 0.15) is 5.56 Å². The first-order valence-corrected chi connectivity index (χ1v) is 7.60. The van der Waals surface area contributed by atoms with Gasteiger partial charge >= 0.3 is 0 Å². The molecular weight excluding hydrogens is 349 g/mol. The lowest BCUT2D eigenvalue weighted by Gasteiger charge is -2.12. The van der Waals surface area contributed by atoms with Crippen molar-refractivity contribution in [2.45, 2.75) is 0 Å². The van der Waals surface area contributed by atoms with E-state index in [4.69, 9.17) is 25.8 Å². The fourth-order valence-corrected chi connectivity index (χ4v) is 2.35. The maximum absolute atomic E-state index is 13.0. The number of hydrogen-bond donors (Lipinski definition) is 1. The molecule has 0 aliphatic heterocycles. The number of halogens is 2. The van der Waals surface area contributed by atoms with Crippen molar-refractivity contribution in [2.75, 3.05) is 26.6 Å². The molecule has 0 aromatic heterocycles. The first-order valence-electron chi connectivity index (χ1n) is 7.22. The van der Waals surface area contributed by atoms with Gasteiger partial charge in [0.05, 0.1) is 32.0 Å². The summed E-state index contributed by atoms with van der Waals surface area (Å²) < 4.78 is 28.8. The van der Waals surface area contributed by atoms with Gasteiger partial charge in [0, 0.05) is 6.08 Å². The molecule has 0 aliphatic rings. The molecule has 2 aromatic carbocycles. The molecule has 0 saturated carbocycles. The van der Waals surface area contributed by atoms with Crippen LogP contribution in [0.25, 0.3) is 6.08 Å². The van der Waals surface area contributed by atoms with E-state index in [1.54, 1.807) is 18.2 Å². The van der Waals surface area contributed by atoms with Gasteiger partial charge in [0.15, 0.2) is 11.5 Å². The molecule has 0 fully saturated rings. The number of amides is 1. The number of benzene rings is 2. The molecule has 0 aliphatic carbocycles. The molecule has 7 heteroatoms. The summed E-state index contributed by atoms with van der Waals surface area (Å²) in [4.78, 5) is 12.0. The largest absolute Gasteiger partial charge is 0.493 e. The number of carbonyl (C=O) groups is 1. The van der Waals surface area contributed by atoms with Gasteiger partial charge in [-0.1, -0.05) is 11.6 Å². The highest BCUT2D eigenvalue weighted by Gasteiger charge is 2.12. The van der Waals surface area contributed by atoms with Crippen molar-refractivity contribution in [3.05, 3.63) is 52.8 Å². The molecule has 0 atom stereocenters. The molecule has 0 bridgehead atoms. The highest BCUT2D eigenvalue weighted by molar-refractivity contribution is 6.33. The zero-order chi connectivity index (χ0) is 18.4. The smallest absolute Gasteiger partial charge is 0.248 e. The third-order valence-corrected chi connectivity index (χ3v) is 3.62. The Balaban J connectivity index is 2.19. The van der Waals surface area contributed by atoms with Crippen molar-refractivity contribution in [3.8, 4) is 17.2 Å². The number of carbonyl (C=O) groups excluding carboxylic acids is 1. The summed E-state index contributed by atoms with van der Waals surface area (Å²) in [6, 6.07) is 7.14. The van der Waals surface area contributed by atoms with Gasteiger partial charge in [0.1, 0.15) is 5.82 Å². The standard InChI is InChI=1S/C18H17ClFNO4/c1-23-15-8-11(9-16(24-2)18(15)25-3)4-7-17(22)21-14-6-5-12(20)10-13(14)19/h4-10H,1-3H3,(H,21,22)/b7-4+. The quantitative estimate of drug-likeness (QED) is 0.781. The van der Waals surface area contributed by atoms with Crippen LogP contribution in [-0.2, 0) is 4.79 Å². The van der Waals surface area contributed by atoms with Gasteiger partial charge in [0.2, 0.25) is 11.7 Å². The average molecular weight is 366 g/mol. The van der Waals surface area contributed by atoms with Crippen LogP contribution < -0.4 is 19.5 Å². The Labute approximate surface area is 150 Å². The van der Waals surface area contributed by atoms with E-state index in [9.17, 15) is 9.18 Å². The lowest BCUT2D eigenvalue weighted by Crippen LogP contribution is -2.08. The molecule has 0 spiro atoms. The van der Waals surface area contributed by atoms with Crippen LogP contribution in [0.15, 0.2) is 36.4 Å². The Hall–Kier alpha value is -2.73. The molecule has 0 unspecified atom stereocenters. The highest BCUT2D eigenvalue weighted by Crippen LogP contribution is 2.38. The second kappa shape index (κ2) is 8.39. The first kappa shape index (κ1) is 18.6.